The Labute approximate surface area is 333 Å². The number of unbranched alkanes of at least 4 members (excludes halogenated alkanes) is 37. The van der Waals surface area contributed by atoms with Crippen molar-refractivity contribution in [3.05, 3.63) is 0 Å². The Morgan fingerprint density at radius 2 is 0.528 bits per heavy atom. The molecule has 0 atom stereocenters. The van der Waals surface area contributed by atoms with Crippen LogP contribution in [0.15, 0.2) is 0 Å². The molecule has 0 aromatic rings. The molecule has 0 fully saturated rings. The van der Waals surface area contributed by atoms with E-state index in [-0.39, 0.29) is 13.2 Å². The van der Waals surface area contributed by atoms with Crippen molar-refractivity contribution in [2.45, 2.75) is 271 Å². The molecule has 0 aliphatic rings. The fraction of sp³-hybridized carbons (Fsp3) is 0.979. The normalized spacial score (nSPS) is 11.3. The first kappa shape index (κ1) is 54.5. The number of aliphatic carboxylic acids is 1. The predicted octanol–water partition coefficient (Wildman–Crippen LogP) is 15.0. The van der Waals surface area contributed by atoms with Gasteiger partial charge in [0.15, 0.2) is 0 Å². The summed E-state index contributed by atoms with van der Waals surface area (Å²) in [7, 11) is 0. The largest absolute Gasteiger partial charge is 0.481 e. The van der Waals surface area contributed by atoms with Crippen molar-refractivity contribution in [3.63, 3.8) is 0 Å². The van der Waals surface area contributed by atoms with Crippen LogP contribution in [0, 0.1) is 0 Å². The zero-order valence-corrected chi connectivity index (χ0v) is 36.5. The van der Waals surface area contributed by atoms with Crippen molar-refractivity contribution < 1.29 is 20.1 Å². The summed E-state index contributed by atoms with van der Waals surface area (Å²) in [4.78, 5) is 12.6. The van der Waals surface area contributed by atoms with Crippen LogP contribution in [-0.2, 0) is 4.79 Å². The highest BCUT2D eigenvalue weighted by Crippen LogP contribution is 2.16. The van der Waals surface area contributed by atoms with E-state index >= 15 is 0 Å². The Kier molecular flexibility index (Phi) is 52.8. The van der Waals surface area contributed by atoms with Gasteiger partial charge in [0.1, 0.15) is 0 Å². The van der Waals surface area contributed by atoms with Crippen LogP contribution in [0.25, 0.3) is 0 Å². The second kappa shape index (κ2) is 51.4. The minimum atomic E-state index is -0.650. The van der Waals surface area contributed by atoms with Gasteiger partial charge in [0, 0.05) is 19.5 Å². The van der Waals surface area contributed by atoms with Gasteiger partial charge in [-0.2, -0.15) is 0 Å². The molecule has 0 radical (unpaired) electrons. The zero-order chi connectivity index (χ0) is 39.0. The van der Waals surface area contributed by atoms with E-state index in [0.717, 1.165) is 19.4 Å². The molecule has 0 aliphatic carbocycles. The molecule has 0 heterocycles. The highest BCUT2D eigenvalue weighted by molar-refractivity contribution is 5.66. The lowest BCUT2D eigenvalue weighted by Gasteiger charge is -2.19. The van der Waals surface area contributed by atoms with Crippen molar-refractivity contribution in [2.24, 2.45) is 0 Å². The highest BCUT2D eigenvalue weighted by atomic mass is 16.4. The standard InChI is InChI=1S/C24H51NO2.C24H48O2/c1-2-3-4-5-6-7-8-9-10-11-12-13-14-15-16-17-18-19-20-25(21-23-26)22-24-27;1-2-3-4-5-6-7-8-9-10-11-12-13-14-15-16-17-18-19-20-21-22-23-24(25)26/h26-27H,2-24H2,1H3;2-23H2,1H3,(H,25,26). The molecule has 3 N–H and O–H groups in total. The first-order valence-corrected chi connectivity index (χ1v) is 24.3. The van der Waals surface area contributed by atoms with Gasteiger partial charge in [0.2, 0.25) is 0 Å². The van der Waals surface area contributed by atoms with Gasteiger partial charge in [-0.3, -0.25) is 9.69 Å². The van der Waals surface area contributed by atoms with Crippen molar-refractivity contribution in [3.8, 4) is 0 Å². The van der Waals surface area contributed by atoms with Gasteiger partial charge in [0.05, 0.1) is 13.2 Å². The number of carboxylic acid groups (broad SMARTS) is 1. The van der Waals surface area contributed by atoms with Crippen LogP contribution < -0.4 is 0 Å². The third-order valence-corrected chi connectivity index (χ3v) is 11.2. The number of rotatable bonds is 45. The maximum absolute atomic E-state index is 10.4. The van der Waals surface area contributed by atoms with Gasteiger partial charge in [-0.05, 0) is 19.4 Å². The summed E-state index contributed by atoms with van der Waals surface area (Å²) in [6.45, 7) is 7.36. The molecule has 5 heteroatoms. The molecule has 0 rings (SSSR count). The van der Waals surface area contributed by atoms with Crippen molar-refractivity contribution in [1.29, 1.82) is 0 Å². The lowest BCUT2D eigenvalue weighted by Crippen LogP contribution is -2.30. The Hall–Kier alpha value is -0.650. The molecule has 53 heavy (non-hydrogen) atoms. The Morgan fingerprint density at radius 1 is 0.321 bits per heavy atom. The van der Waals surface area contributed by atoms with E-state index in [4.69, 9.17) is 15.3 Å². The number of hydrogen-bond acceptors (Lipinski definition) is 4. The van der Waals surface area contributed by atoms with Crippen LogP contribution in [0.5, 0.6) is 0 Å². The minimum Gasteiger partial charge on any atom is -0.481 e. The van der Waals surface area contributed by atoms with E-state index in [2.05, 4.69) is 18.7 Å². The smallest absolute Gasteiger partial charge is 0.303 e. The van der Waals surface area contributed by atoms with Gasteiger partial charge in [-0.25, -0.2) is 0 Å². The van der Waals surface area contributed by atoms with Crippen LogP contribution in [0.3, 0.4) is 0 Å². The first-order chi connectivity index (χ1) is 26.1. The monoisotopic (exact) mass is 754 g/mol. The van der Waals surface area contributed by atoms with Crippen LogP contribution in [-0.4, -0.2) is 59.0 Å². The average Bonchev–Trinajstić information content (AvgIpc) is 3.15. The molecule has 0 aromatic heterocycles. The van der Waals surface area contributed by atoms with E-state index in [1.807, 2.05) is 0 Å². The number of hydrogen-bond donors (Lipinski definition) is 3. The number of carboxylic acids is 1. The Morgan fingerprint density at radius 3 is 0.736 bits per heavy atom. The van der Waals surface area contributed by atoms with Crippen LogP contribution in [0.4, 0.5) is 0 Å². The van der Waals surface area contributed by atoms with Gasteiger partial charge in [0.25, 0.3) is 0 Å². The van der Waals surface area contributed by atoms with E-state index in [0.29, 0.717) is 19.5 Å². The zero-order valence-electron chi connectivity index (χ0n) is 36.5. The Balaban J connectivity index is 0. The fourth-order valence-corrected chi connectivity index (χ4v) is 7.56. The summed E-state index contributed by atoms with van der Waals surface area (Å²) in [6.07, 6.45) is 54.3. The van der Waals surface area contributed by atoms with Gasteiger partial charge in [-0.1, -0.05) is 251 Å². The average molecular weight is 754 g/mol. The highest BCUT2D eigenvalue weighted by Gasteiger charge is 2.03. The summed E-state index contributed by atoms with van der Waals surface area (Å²) in [5, 5.41) is 26.6. The number of aliphatic hydroxyl groups excluding tert-OH is 2. The molecule has 0 bridgehead atoms. The molecular formula is C48H99NO4. The molecule has 0 saturated carbocycles. The molecule has 0 unspecified atom stereocenters. The lowest BCUT2D eigenvalue weighted by molar-refractivity contribution is -0.137. The van der Waals surface area contributed by atoms with E-state index in [1.165, 1.54) is 238 Å². The molecular weight excluding hydrogens is 655 g/mol. The van der Waals surface area contributed by atoms with Crippen LogP contribution in [0.2, 0.25) is 0 Å². The molecule has 5 nitrogen and oxygen atoms in total. The summed E-state index contributed by atoms with van der Waals surface area (Å²) < 4.78 is 0. The second-order valence-corrected chi connectivity index (χ2v) is 16.5. The SMILES string of the molecule is CCCCCCCCCCCCCCCCCCCCCCCC(=O)O.CCCCCCCCCCCCCCCCCCCCN(CCO)CCO. The predicted molar refractivity (Wildman–Crippen MR) is 234 cm³/mol. The maximum Gasteiger partial charge on any atom is 0.303 e. The maximum atomic E-state index is 10.4. The Bertz CT molecular complexity index is 639. The molecule has 0 aliphatic heterocycles. The summed E-state index contributed by atoms with van der Waals surface area (Å²) in [6, 6.07) is 0. The third-order valence-electron chi connectivity index (χ3n) is 11.2. The van der Waals surface area contributed by atoms with Crippen molar-refractivity contribution in [1.82, 2.24) is 4.90 Å². The van der Waals surface area contributed by atoms with Gasteiger partial charge >= 0.3 is 5.97 Å². The third kappa shape index (κ3) is 53.5. The molecule has 320 valence electrons. The quantitative estimate of drug-likeness (QED) is 0.0540. The van der Waals surface area contributed by atoms with E-state index in [1.54, 1.807) is 0 Å². The van der Waals surface area contributed by atoms with Gasteiger partial charge < -0.3 is 15.3 Å². The molecule has 0 aromatic carbocycles. The number of nitrogens with zero attached hydrogens (tertiary/aromatic N) is 1. The van der Waals surface area contributed by atoms with Crippen LogP contribution in [0.1, 0.15) is 271 Å². The van der Waals surface area contributed by atoms with Crippen molar-refractivity contribution in [2.75, 3.05) is 32.8 Å². The topological polar surface area (TPSA) is 81.0 Å². The lowest BCUT2D eigenvalue weighted by atomic mass is 10.0. The molecule has 0 saturated heterocycles. The number of aliphatic hydroxyl groups is 2. The van der Waals surface area contributed by atoms with E-state index < -0.39 is 5.97 Å². The molecule has 0 spiro atoms. The van der Waals surface area contributed by atoms with E-state index in [9.17, 15) is 4.79 Å². The minimum absolute atomic E-state index is 0.193. The van der Waals surface area contributed by atoms with Gasteiger partial charge in [-0.15, -0.1) is 0 Å². The fourth-order valence-electron chi connectivity index (χ4n) is 7.56. The summed E-state index contributed by atoms with van der Waals surface area (Å²) >= 11 is 0. The number of carbonyl (C=O) groups is 1. The molecule has 0 amide bonds. The van der Waals surface area contributed by atoms with Crippen LogP contribution >= 0.6 is 0 Å². The second-order valence-electron chi connectivity index (χ2n) is 16.5. The first-order valence-electron chi connectivity index (χ1n) is 24.3. The van der Waals surface area contributed by atoms with Crippen molar-refractivity contribution >= 4 is 5.97 Å². The summed E-state index contributed by atoms with van der Waals surface area (Å²) in [5.74, 6) is -0.650. The summed E-state index contributed by atoms with van der Waals surface area (Å²) in [5.41, 5.74) is 0.